The quantitative estimate of drug-likeness (QED) is 0.689. The summed E-state index contributed by atoms with van der Waals surface area (Å²) in [7, 11) is 3.26. The fourth-order valence-corrected chi connectivity index (χ4v) is 2.97. The topological polar surface area (TPSA) is 94.1 Å². The van der Waals surface area contributed by atoms with Gasteiger partial charge in [-0.2, -0.15) is 4.98 Å². The summed E-state index contributed by atoms with van der Waals surface area (Å²) in [6.45, 7) is 1.77. The molecule has 0 saturated heterocycles. The highest BCUT2D eigenvalue weighted by Gasteiger charge is 2.19. The first-order valence-electron chi connectivity index (χ1n) is 8.12. The van der Waals surface area contributed by atoms with Crippen LogP contribution in [0, 0.1) is 0 Å². The van der Waals surface area contributed by atoms with Crippen LogP contribution in [0.5, 0.6) is 0 Å². The van der Waals surface area contributed by atoms with Crippen LogP contribution in [0.3, 0.4) is 0 Å². The molecule has 3 rings (SSSR count). The lowest BCUT2D eigenvalue weighted by molar-refractivity contribution is 0.281. The van der Waals surface area contributed by atoms with Gasteiger partial charge in [0.25, 0.3) is 5.56 Å². The average molecular weight is 378 g/mol. The zero-order valence-electron chi connectivity index (χ0n) is 14.7. The second-order valence-electron chi connectivity index (χ2n) is 6.22. The van der Waals surface area contributed by atoms with Crippen LogP contribution in [0.1, 0.15) is 12.5 Å². The highest BCUT2D eigenvalue weighted by molar-refractivity contribution is 6.31. The van der Waals surface area contributed by atoms with Gasteiger partial charge in [-0.15, -0.1) is 0 Å². The smallest absolute Gasteiger partial charge is 0.332 e. The van der Waals surface area contributed by atoms with Crippen LogP contribution in [-0.2, 0) is 20.6 Å². The Labute approximate surface area is 154 Å². The molecule has 0 saturated carbocycles. The summed E-state index contributed by atoms with van der Waals surface area (Å²) in [5, 5.41) is 12.7. The maximum absolute atomic E-state index is 13.0. The summed E-state index contributed by atoms with van der Waals surface area (Å²) in [6.07, 6.45) is 0. The molecule has 0 bridgehead atoms. The summed E-state index contributed by atoms with van der Waals surface area (Å²) < 4.78 is 4.07. The van der Waals surface area contributed by atoms with E-state index in [1.165, 1.54) is 4.57 Å². The predicted molar refractivity (Wildman–Crippen MR) is 101 cm³/mol. The van der Waals surface area contributed by atoms with Gasteiger partial charge in [-0.1, -0.05) is 29.8 Å². The molecule has 9 heteroatoms. The van der Waals surface area contributed by atoms with E-state index in [0.29, 0.717) is 22.1 Å². The highest BCUT2D eigenvalue weighted by Crippen LogP contribution is 2.17. The average Bonchev–Trinajstić information content (AvgIpc) is 2.95. The third kappa shape index (κ3) is 3.02. The number of aromatic nitrogens is 4. The van der Waals surface area contributed by atoms with Gasteiger partial charge >= 0.3 is 5.69 Å². The maximum atomic E-state index is 13.0. The molecule has 0 radical (unpaired) electrons. The number of nitrogens with one attached hydrogen (secondary N) is 1. The predicted octanol–water partition coefficient (Wildman–Crippen LogP) is 0.928. The number of anilines is 1. The van der Waals surface area contributed by atoms with Gasteiger partial charge in [0.1, 0.15) is 0 Å². The van der Waals surface area contributed by atoms with Crippen molar-refractivity contribution in [3.63, 3.8) is 0 Å². The number of hydrogen-bond acceptors (Lipinski definition) is 5. The minimum atomic E-state index is -0.470. The standard InChI is InChI=1S/C17H20ClN5O3/c1-10(9-24)19-16-20-14-13(21(16)2)15(25)23(17(26)22(14)3)8-11-6-4-5-7-12(11)18/h4-7,10,24H,8-9H2,1-3H3,(H,19,20)/t10-/m1/s1. The summed E-state index contributed by atoms with van der Waals surface area (Å²) >= 11 is 6.17. The Hall–Kier alpha value is -2.58. The van der Waals surface area contributed by atoms with Crippen LogP contribution in [0.2, 0.25) is 5.02 Å². The normalized spacial score (nSPS) is 12.5. The van der Waals surface area contributed by atoms with E-state index in [1.807, 2.05) is 0 Å². The number of fused-ring (bicyclic) bond motifs is 1. The Morgan fingerprint density at radius 3 is 2.58 bits per heavy atom. The zero-order chi connectivity index (χ0) is 19.0. The minimum absolute atomic E-state index is 0.0715. The Morgan fingerprint density at radius 2 is 1.92 bits per heavy atom. The van der Waals surface area contributed by atoms with Crippen LogP contribution in [0.25, 0.3) is 11.2 Å². The van der Waals surface area contributed by atoms with Gasteiger partial charge in [0.05, 0.1) is 13.2 Å². The van der Waals surface area contributed by atoms with E-state index in [-0.39, 0.29) is 24.8 Å². The molecular formula is C17H20ClN5O3. The van der Waals surface area contributed by atoms with Crippen molar-refractivity contribution in [2.45, 2.75) is 19.5 Å². The third-order valence-corrected chi connectivity index (χ3v) is 4.66. The summed E-state index contributed by atoms with van der Waals surface area (Å²) in [4.78, 5) is 30.0. The van der Waals surface area contributed by atoms with Crippen molar-refractivity contribution < 1.29 is 5.11 Å². The van der Waals surface area contributed by atoms with Gasteiger partial charge in [0.2, 0.25) is 5.95 Å². The molecule has 1 atom stereocenters. The molecule has 26 heavy (non-hydrogen) atoms. The summed E-state index contributed by atoms with van der Waals surface area (Å²) in [6, 6.07) is 6.84. The van der Waals surface area contributed by atoms with Crippen molar-refractivity contribution in [3.05, 3.63) is 55.7 Å². The van der Waals surface area contributed by atoms with Crippen LogP contribution in [0.15, 0.2) is 33.9 Å². The molecule has 0 aliphatic rings. The monoisotopic (exact) mass is 377 g/mol. The molecule has 0 unspecified atom stereocenters. The van der Waals surface area contributed by atoms with E-state index in [9.17, 15) is 14.7 Å². The maximum Gasteiger partial charge on any atom is 0.332 e. The van der Waals surface area contributed by atoms with E-state index in [4.69, 9.17) is 11.6 Å². The Bertz CT molecular complexity index is 1080. The van der Waals surface area contributed by atoms with E-state index in [2.05, 4.69) is 10.3 Å². The zero-order valence-corrected chi connectivity index (χ0v) is 15.5. The number of rotatable bonds is 5. The lowest BCUT2D eigenvalue weighted by atomic mass is 10.2. The second kappa shape index (κ2) is 6.97. The molecule has 3 aromatic rings. The molecule has 0 fully saturated rings. The summed E-state index contributed by atoms with van der Waals surface area (Å²) in [5.74, 6) is 0.407. The number of benzene rings is 1. The third-order valence-electron chi connectivity index (χ3n) is 4.30. The van der Waals surface area contributed by atoms with Gasteiger partial charge < -0.3 is 15.0 Å². The minimum Gasteiger partial charge on any atom is -0.394 e. The number of aryl methyl sites for hydroxylation is 2. The van der Waals surface area contributed by atoms with Crippen molar-refractivity contribution in [2.24, 2.45) is 14.1 Å². The molecule has 0 aliphatic heterocycles. The Morgan fingerprint density at radius 1 is 1.23 bits per heavy atom. The molecule has 2 N–H and O–H groups in total. The lowest BCUT2D eigenvalue weighted by Gasteiger charge is -2.11. The van der Waals surface area contributed by atoms with Gasteiger partial charge in [-0.3, -0.25) is 13.9 Å². The van der Waals surface area contributed by atoms with Crippen LogP contribution < -0.4 is 16.6 Å². The molecule has 2 aromatic heterocycles. The number of nitrogens with zero attached hydrogens (tertiary/aromatic N) is 4. The molecule has 138 valence electrons. The SMILES string of the molecule is C[C@H](CO)Nc1nc2c(c(=O)n(Cc3ccccc3Cl)c(=O)n2C)n1C. The molecule has 2 heterocycles. The van der Waals surface area contributed by atoms with E-state index in [0.717, 1.165) is 4.57 Å². The van der Waals surface area contributed by atoms with Crippen LogP contribution in [-0.4, -0.2) is 36.4 Å². The first-order valence-corrected chi connectivity index (χ1v) is 8.50. The molecule has 0 spiro atoms. The van der Waals surface area contributed by atoms with Gasteiger partial charge in [-0.05, 0) is 18.6 Å². The Balaban J connectivity index is 2.20. The van der Waals surface area contributed by atoms with Crippen molar-refractivity contribution in [1.82, 2.24) is 18.7 Å². The molecule has 8 nitrogen and oxygen atoms in total. The lowest BCUT2D eigenvalue weighted by Crippen LogP contribution is -2.39. The first-order chi connectivity index (χ1) is 12.3. The number of imidazole rings is 1. The van der Waals surface area contributed by atoms with E-state index < -0.39 is 11.2 Å². The first kappa shape index (κ1) is 18.2. The fraction of sp³-hybridized carbons (Fsp3) is 0.353. The molecule has 0 amide bonds. The molecule has 0 aliphatic carbocycles. The number of hydrogen-bond donors (Lipinski definition) is 2. The summed E-state index contributed by atoms with van der Waals surface area (Å²) in [5.41, 5.74) is 0.351. The molecular weight excluding hydrogens is 358 g/mol. The van der Waals surface area contributed by atoms with Crippen LogP contribution >= 0.6 is 11.6 Å². The number of aliphatic hydroxyl groups is 1. The van der Waals surface area contributed by atoms with Crippen LogP contribution in [0.4, 0.5) is 5.95 Å². The fourth-order valence-electron chi connectivity index (χ4n) is 2.78. The van der Waals surface area contributed by atoms with E-state index in [1.54, 1.807) is 49.9 Å². The van der Waals surface area contributed by atoms with Crippen molar-refractivity contribution in [3.8, 4) is 0 Å². The van der Waals surface area contributed by atoms with Gasteiger partial charge in [-0.25, -0.2) is 4.79 Å². The second-order valence-corrected chi connectivity index (χ2v) is 6.63. The number of aliphatic hydroxyl groups excluding tert-OH is 1. The van der Waals surface area contributed by atoms with Crippen molar-refractivity contribution in [2.75, 3.05) is 11.9 Å². The largest absolute Gasteiger partial charge is 0.394 e. The van der Waals surface area contributed by atoms with Gasteiger partial charge in [0, 0.05) is 25.2 Å². The van der Waals surface area contributed by atoms with E-state index >= 15 is 0 Å². The van der Waals surface area contributed by atoms with Gasteiger partial charge in [0.15, 0.2) is 11.2 Å². The highest BCUT2D eigenvalue weighted by atomic mass is 35.5. The number of halogens is 1. The molecule has 1 aromatic carbocycles. The Kier molecular flexibility index (Phi) is 4.88. The van der Waals surface area contributed by atoms with Crippen molar-refractivity contribution >= 4 is 28.7 Å². The van der Waals surface area contributed by atoms with Crippen molar-refractivity contribution in [1.29, 1.82) is 0 Å².